The monoisotopic (exact) mass is 248 g/mol. The molecule has 0 saturated carbocycles. The van der Waals surface area contributed by atoms with E-state index in [0.29, 0.717) is 5.57 Å². The smallest absolute Gasteiger partial charge is 0.348 e. The summed E-state index contributed by atoms with van der Waals surface area (Å²) in [7, 11) is 0. The normalized spacial score (nSPS) is 19.6. The van der Waals surface area contributed by atoms with Crippen LogP contribution in [0.15, 0.2) is 11.1 Å². The Morgan fingerprint density at radius 2 is 1.53 bits per heavy atom. The number of carbonyl (C=O) groups is 2. The Morgan fingerprint density at radius 1 is 1.13 bits per heavy atom. The van der Waals surface area contributed by atoms with E-state index in [1.54, 1.807) is 0 Å². The van der Waals surface area contributed by atoms with Gasteiger partial charge >= 0.3 is 11.9 Å². The first kappa shape index (κ1) is 12.4. The van der Waals surface area contributed by atoms with E-state index >= 15 is 0 Å². The summed E-state index contributed by atoms with van der Waals surface area (Å²) in [5.74, 6) is -2.01. The lowest BCUT2D eigenvalue weighted by molar-refractivity contribution is -0.222. The van der Waals surface area contributed by atoms with E-state index in [1.807, 2.05) is 0 Å². The highest BCUT2D eigenvalue weighted by Gasteiger charge is 2.40. The fourth-order valence-corrected chi connectivity index (χ4v) is 1.87. The van der Waals surface area contributed by atoms with E-state index in [0.717, 1.165) is 0 Å². The molecule has 6 heteroatoms. The van der Waals surface area contributed by atoms with Gasteiger partial charge in [-0.2, -0.15) is 25.3 Å². The van der Waals surface area contributed by atoms with Crippen molar-refractivity contribution in [3.05, 3.63) is 11.1 Å². The topological polar surface area (TPSA) is 52.6 Å². The standard InChI is InChI=1S/C9H12O4S2/c1-9(2)12-7(10)6(8(11)13-9)5(3-14)4-15/h14-15H,3-4H2,1-2H3. The van der Waals surface area contributed by atoms with E-state index in [1.165, 1.54) is 13.8 Å². The molecule has 1 saturated heterocycles. The van der Waals surface area contributed by atoms with Crippen molar-refractivity contribution < 1.29 is 19.1 Å². The Balaban J connectivity index is 3.08. The number of thiol groups is 2. The van der Waals surface area contributed by atoms with Gasteiger partial charge in [-0.15, -0.1) is 0 Å². The number of hydrogen-bond donors (Lipinski definition) is 2. The number of rotatable bonds is 2. The second-order valence-corrected chi connectivity index (χ2v) is 4.11. The zero-order valence-electron chi connectivity index (χ0n) is 8.44. The van der Waals surface area contributed by atoms with Gasteiger partial charge in [0.15, 0.2) is 0 Å². The van der Waals surface area contributed by atoms with Gasteiger partial charge in [0.2, 0.25) is 0 Å². The lowest BCUT2D eigenvalue weighted by atomic mass is 10.1. The second kappa shape index (κ2) is 4.49. The van der Waals surface area contributed by atoms with Gasteiger partial charge in [-0.05, 0) is 5.57 Å². The van der Waals surface area contributed by atoms with Gasteiger partial charge in [-0.3, -0.25) is 0 Å². The molecule has 4 nitrogen and oxygen atoms in total. The lowest BCUT2D eigenvalue weighted by Crippen LogP contribution is -2.42. The lowest BCUT2D eigenvalue weighted by Gasteiger charge is -2.30. The van der Waals surface area contributed by atoms with Crippen molar-refractivity contribution in [1.82, 2.24) is 0 Å². The Kier molecular flexibility index (Phi) is 3.72. The molecule has 0 aliphatic carbocycles. The van der Waals surface area contributed by atoms with Crippen molar-refractivity contribution in [3.8, 4) is 0 Å². The first-order valence-electron chi connectivity index (χ1n) is 4.31. The van der Waals surface area contributed by atoms with Crippen LogP contribution >= 0.6 is 25.3 Å². The van der Waals surface area contributed by atoms with Gasteiger partial charge in [0.25, 0.3) is 5.79 Å². The quantitative estimate of drug-likeness (QED) is 0.331. The molecule has 0 amide bonds. The van der Waals surface area contributed by atoms with Crippen LogP contribution in [-0.2, 0) is 19.1 Å². The molecular formula is C9H12O4S2. The van der Waals surface area contributed by atoms with Gasteiger partial charge in [0, 0.05) is 25.4 Å². The van der Waals surface area contributed by atoms with Crippen LogP contribution < -0.4 is 0 Å². The molecule has 15 heavy (non-hydrogen) atoms. The molecule has 0 atom stereocenters. The van der Waals surface area contributed by atoms with Crippen LogP contribution in [0.3, 0.4) is 0 Å². The minimum Gasteiger partial charge on any atom is -0.419 e. The van der Waals surface area contributed by atoms with E-state index in [-0.39, 0.29) is 17.1 Å². The van der Waals surface area contributed by atoms with Crippen molar-refractivity contribution in [2.24, 2.45) is 0 Å². The highest BCUT2D eigenvalue weighted by molar-refractivity contribution is 7.81. The van der Waals surface area contributed by atoms with E-state index in [2.05, 4.69) is 25.3 Å². The summed E-state index contributed by atoms with van der Waals surface area (Å²) in [6.45, 7) is 3.00. The summed E-state index contributed by atoms with van der Waals surface area (Å²) in [4.78, 5) is 23.1. The largest absolute Gasteiger partial charge is 0.419 e. The van der Waals surface area contributed by atoms with Crippen molar-refractivity contribution >= 4 is 37.2 Å². The maximum atomic E-state index is 11.5. The predicted octanol–water partition coefficient (Wildman–Crippen LogP) is 0.979. The van der Waals surface area contributed by atoms with Crippen LogP contribution in [-0.4, -0.2) is 29.2 Å². The number of hydrogen-bond acceptors (Lipinski definition) is 6. The van der Waals surface area contributed by atoms with Gasteiger partial charge in [-0.25, -0.2) is 9.59 Å². The minimum absolute atomic E-state index is 0.0840. The molecule has 84 valence electrons. The Bertz CT molecular complexity index is 305. The summed E-state index contributed by atoms with van der Waals surface area (Å²) in [6, 6.07) is 0. The summed E-state index contributed by atoms with van der Waals surface area (Å²) in [5, 5.41) is 0. The number of cyclic esters (lactones) is 2. The van der Waals surface area contributed by atoms with Crippen molar-refractivity contribution in [1.29, 1.82) is 0 Å². The fraction of sp³-hybridized carbons (Fsp3) is 0.556. The molecule has 0 unspecified atom stereocenters. The third kappa shape index (κ3) is 2.69. The maximum absolute atomic E-state index is 11.5. The third-order valence-corrected chi connectivity index (χ3v) is 2.58. The van der Waals surface area contributed by atoms with E-state index in [9.17, 15) is 9.59 Å². The molecule has 0 aromatic carbocycles. The Morgan fingerprint density at radius 3 is 1.87 bits per heavy atom. The number of ether oxygens (including phenoxy) is 2. The molecule has 0 aromatic heterocycles. The Labute approximate surface area is 98.8 Å². The fourth-order valence-electron chi connectivity index (χ4n) is 1.15. The van der Waals surface area contributed by atoms with Crippen molar-refractivity contribution in [3.63, 3.8) is 0 Å². The third-order valence-electron chi connectivity index (χ3n) is 1.82. The van der Waals surface area contributed by atoms with Crippen LogP contribution in [0.1, 0.15) is 13.8 Å². The first-order valence-corrected chi connectivity index (χ1v) is 5.58. The van der Waals surface area contributed by atoms with Gasteiger partial charge in [0.1, 0.15) is 5.57 Å². The zero-order chi connectivity index (χ0) is 11.6. The number of esters is 2. The van der Waals surface area contributed by atoms with Crippen LogP contribution in [0.4, 0.5) is 0 Å². The minimum atomic E-state index is -1.20. The van der Waals surface area contributed by atoms with Crippen LogP contribution in [0, 0.1) is 0 Å². The first-order chi connectivity index (χ1) is 6.91. The van der Waals surface area contributed by atoms with Gasteiger partial charge in [0.05, 0.1) is 0 Å². The Hall–Kier alpha value is -0.620. The average Bonchev–Trinajstić information content (AvgIpc) is 2.09. The van der Waals surface area contributed by atoms with Crippen molar-refractivity contribution in [2.45, 2.75) is 19.6 Å². The molecule has 0 aromatic rings. The highest BCUT2D eigenvalue weighted by Crippen LogP contribution is 2.25. The summed E-state index contributed by atoms with van der Waals surface area (Å²) in [5.41, 5.74) is 0.423. The highest BCUT2D eigenvalue weighted by atomic mass is 32.1. The SMILES string of the molecule is CC1(C)OC(=O)C(=C(CS)CS)C(=O)O1. The predicted molar refractivity (Wildman–Crippen MR) is 61.0 cm³/mol. The number of carbonyl (C=O) groups excluding carboxylic acids is 2. The molecule has 1 aliphatic heterocycles. The van der Waals surface area contributed by atoms with E-state index < -0.39 is 17.7 Å². The molecule has 0 N–H and O–H groups in total. The zero-order valence-corrected chi connectivity index (χ0v) is 10.2. The average molecular weight is 248 g/mol. The molecule has 1 rings (SSSR count). The van der Waals surface area contributed by atoms with E-state index in [4.69, 9.17) is 9.47 Å². The molecule has 0 radical (unpaired) electrons. The van der Waals surface area contributed by atoms with Crippen LogP contribution in [0.25, 0.3) is 0 Å². The van der Waals surface area contributed by atoms with Gasteiger partial charge in [-0.1, -0.05) is 0 Å². The second-order valence-electron chi connectivity index (χ2n) is 3.47. The van der Waals surface area contributed by atoms with Gasteiger partial charge < -0.3 is 9.47 Å². The summed E-state index contributed by atoms with van der Waals surface area (Å²) < 4.78 is 9.87. The molecule has 1 heterocycles. The van der Waals surface area contributed by atoms with Crippen LogP contribution in [0.5, 0.6) is 0 Å². The molecule has 0 bridgehead atoms. The summed E-state index contributed by atoms with van der Waals surface area (Å²) >= 11 is 8.02. The van der Waals surface area contributed by atoms with Crippen molar-refractivity contribution in [2.75, 3.05) is 11.5 Å². The molecular weight excluding hydrogens is 236 g/mol. The molecule has 1 fully saturated rings. The van der Waals surface area contributed by atoms with Crippen LogP contribution in [0.2, 0.25) is 0 Å². The molecule has 0 spiro atoms. The summed E-state index contributed by atoms with van der Waals surface area (Å²) in [6.07, 6.45) is 0. The molecule has 1 aliphatic rings. The maximum Gasteiger partial charge on any atom is 0.348 e.